The second-order valence-corrected chi connectivity index (χ2v) is 20.7. The quantitative estimate of drug-likeness (QED) is 0.0321. The molecular weight excluding hydrogens is 815 g/mol. The molecule has 0 heterocycles. The zero-order chi connectivity index (χ0) is 47.9. The third-order valence-electron chi connectivity index (χ3n) is 14.1. The molecule has 0 aliphatic carbocycles. The van der Waals surface area contributed by atoms with Crippen molar-refractivity contribution in [3.63, 3.8) is 0 Å². The predicted octanol–water partition coefficient (Wildman–Crippen LogP) is 18.5. The van der Waals surface area contributed by atoms with E-state index in [1.54, 1.807) is 0 Å². The average Bonchev–Trinajstić information content (AvgIpc) is 3.32. The minimum absolute atomic E-state index is 0.00630. The van der Waals surface area contributed by atoms with E-state index in [0.29, 0.717) is 25.9 Å². The Morgan fingerprint density at radius 3 is 1.08 bits per heavy atom. The molecule has 3 N–H and O–H groups in total. The van der Waals surface area contributed by atoms with Gasteiger partial charge in [0.1, 0.15) is 0 Å². The Morgan fingerprint density at radius 1 is 0.409 bits per heavy atom. The molecule has 0 aromatic rings. The van der Waals surface area contributed by atoms with E-state index >= 15 is 0 Å². The maximum Gasteiger partial charge on any atom is 0.305 e. The first-order valence-electron chi connectivity index (χ1n) is 29.9. The van der Waals surface area contributed by atoms with Crippen molar-refractivity contribution in [3.05, 3.63) is 12.2 Å². The molecular formula is C60H117NO5. The Bertz CT molecular complexity index is 986. The molecule has 2 unspecified atom stereocenters. The molecule has 0 aliphatic rings. The highest BCUT2D eigenvalue weighted by atomic mass is 16.5. The van der Waals surface area contributed by atoms with Crippen molar-refractivity contribution in [1.82, 2.24) is 5.32 Å². The van der Waals surface area contributed by atoms with Gasteiger partial charge in [0, 0.05) is 12.8 Å². The first-order valence-corrected chi connectivity index (χ1v) is 29.9. The molecule has 0 spiro atoms. The van der Waals surface area contributed by atoms with E-state index in [1.807, 2.05) is 0 Å². The Balaban J connectivity index is 3.35. The molecule has 0 rings (SSSR count). The zero-order valence-electron chi connectivity index (χ0n) is 44.7. The summed E-state index contributed by atoms with van der Waals surface area (Å²) in [6.45, 7) is 4.95. The highest BCUT2D eigenvalue weighted by molar-refractivity contribution is 5.76. The predicted molar refractivity (Wildman–Crippen MR) is 287 cm³/mol. The summed E-state index contributed by atoms with van der Waals surface area (Å²) in [4.78, 5) is 24.5. The fraction of sp³-hybridized carbons (Fsp3) is 0.933. The number of ether oxygens (including phenoxy) is 1. The lowest BCUT2D eigenvalue weighted by molar-refractivity contribution is -0.143. The van der Waals surface area contributed by atoms with Crippen LogP contribution in [0.1, 0.15) is 335 Å². The lowest BCUT2D eigenvalue weighted by atomic mass is 10.0. The standard InChI is InChI=1S/C60H117NO5/c1-3-5-7-9-11-13-15-17-30-34-38-42-46-50-54-60(65)66-55-51-47-43-39-35-31-28-26-24-22-20-18-19-21-23-25-27-29-33-37-41-45-49-53-59(64)61-57(56-62)58(63)52-48-44-40-36-32-16-14-12-10-8-6-4-2/h15,17,57-58,62-63H,3-14,16,18-56H2,1-2H3,(H,61,64)/b17-15-. The highest BCUT2D eigenvalue weighted by Gasteiger charge is 2.20. The van der Waals surface area contributed by atoms with E-state index in [4.69, 9.17) is 4.74 Å². The van der Waals surface area contributed by atoms with Crippen molar-refractivity contribution >= 4 is 11.9 Å². The summed E-state index contributed by atoms with van der Waals surface area (Å²) in [6, 6.07) is -0.539. The largest absolute Gasteiger partial charge is 0.466 e. The number of nitrogens with one attached hydrogen (secondary N) is 1. The van der Waals surface area contributed by atoms with Gasteiger partial charge < -0.3 is 20.3 Å². The third-order valence-corrected chi connectivity index (χ3v) is 14.1. The van der Waals surface area contributed by atoms with Crippen molar-refractivity contribution in [2.75, 3.05) is 13.2 Å². The van der Waals surface area contributed by atoms with E-state index < -0.39 is 12.1 Å². The van der Waals surface area contributed by atoms with Crippen LogP contribution in [0.3, 0.4) is 0 Å². The normalized spacial score (nSPS) is 12.6. The first-order chi connectivity index (χ1) is 32.5. The van der Waals surface area contributed by atoms with E-state index in [2.05, 4.69) is 31.3 Å². The van der Waals surface area contributed by atoms with E-state index in [9.17, 15) is 19.8 Å². The minimum atomic E-state index is -0.662. The lowest BCUT2D eigenvalue weighted by Crippen LogP contribution is -2.45. The van der Waals surface area contributed by atoms with Gasteiger partial charge in [-0.25, -0.2) is 0 Å². The summed E-state index contributed by atoms with van der Waals surface area (Å²) in [5.74, 6) is -0.0273. The molecule has 0 fully saturated rings. The van der Waals surface area contributed by atoms with Crippen molar-refractivity contribution in [1.29, 1.82) is 0 Å². The summed E-state index contributed by atoms with van der Waals surface area (Å²) < 4.78 is 5.48. The van der Waals surface area contributed by atoms with Gasteiger partial charge >= 0.3 is 5.97 Å². The molecule has 0 bridgehead atoms. The van der Waals surface area contributed by atoms with Crippen LogP contribution in [-0.4, -0.2) is 47.4 Å². The third kappa shape index (κ3) is 52.0. The molecule has 0 radical (unpaired) electrons. The second-order valence-electron chi connectivity index (χ2n) is 20.7. The Hall–Kier alpha value is -1.40. The van der Waals surface area contributed by atoms with Gasteiger partial charge in [-0.1, -0.05) is 283 Å². The van der Waals surface area contributed by atoms with Crippen molar-refractivity contribution < 1.29 is 24.5 Å². The number of allylic oxidation sites excluding steroid dienone is 2. The van der Waals surface area contributed by atoms with Crippen LogP contribution < -0.4 is 5.32 Å². The maximum atomic E-state index is 12.5. The summed E-state index contributed by atoms with van der Waals surface area (Å²) in [6.07, 6.45) is 66.4. The fourth-order valence-corrected chi connectivity index (χ4v) is 9.46. The van der Waals surface area contributed by atoms with Crippen molar-refractivity contribution in [3.8, 4) is 0 Å². The molecule has 0 aromatic carbocycles. The minimum Gasteiger partial charge on any atom is -0.466 e. The SMILES string of the molecule is CCCCCCC/C=C\CCCCCCCC(=O)OCCCCCCCCCCCCCCCCCCCCCCCCCC(=O)NC(CO)C(O)CCCCCCCCCCCCCC. The van der Waals surface area contributed by atoms with E-state index in [1.165, 1.54) is 257 Å². The van der Waals surface area contributed by atoms with Gasteiger partial charge in [-0.3, -0.25) is 9.59 Å². The lowest BCUT2D eigenvalue weighted by Gasteiger charge is -2.22. The van der Waals surface area contributed by atoms with Gasteiger partial charge in [0.05, 0.1) is 25.4 Å². The second kappa shape index (κ2) is 56.2. The molecule has 392 valence electrons. The van der Waals surface area contributed by atoms with Gasteiger partial charge in [0.15, 0.2) is 0 Å². The van der Waals surface area contributed by atoms with Crippen molar-refractivity contribution in [2.24, 2.45) is 0 Å². The van der Waals surface area contributed by atoms with Gasteiger partial charge in [0.2, 0.25) is 5.91 Å². The van der Waals surface area contributed by atoms with Crippen LogP contribution in [-0.2, 0) is 14.3 Å². The number of rotatable bonds is 56. The summed E-state index contributed by atoms with van der Waals surface area (Å²) in [5, 5.41) is 23.2. The number of carbonyl (C=O) groups excluding carboxylic acids is 2. The number of hydrogen-bond donors (Lipinski definition) is 3. The number of unbranched alkanes of at least 4 members (excludes halogenated alkanes) is 43. The summed E-state index contributed by atoms with van der Waals surface area (Å²) in [5.41, 5.74) is 0. The molecule has 2 atom stereocenters. The maximum absolute atomic E-state index is 12.5. The Labute approximate surface area is 412 Å². The molecule has 66 heavy (non-hydrogen) atoms. The molecule has 0 aliphatic heterocycles. The number of carbonyl (C=O) groups is 2. The first kappa shape index (κ1) is 64.6. The zero-order valence-corrected chi connectivity index (χ0v) is 44.7. The molecule has 6 nitrogen and oxygen atoms in total. The van der Waals surface area contributed by atoms with E-state index in [-0.39, 0.29) is 18.5 Å². The fourth-order valence-electron chi connectivity index (χ4n) is 9.46. The van der Waals surface area contributed by atoms with Gasteiger partial charge in [-0.05, 0) is 51.4 Å². The molecule has 0 aromatic heterocycles. The van der Waals surface area contributed by atoms with Crippen LogP contribution in [0.25, 0.3) is 0 Å². The van der Waals surface area contributed by atoms with Crippen LogP contribution in [0.4, 0.5) is 0 Å². The molecule has 0 saturated heterocycles. The molecule has 6 heteroatoms. The molecule has 1 amide bonds. The van der Waals surface area contributed by atoms with Crippen LogP contribution in [0, 0.1) is 0 Å². The van der Waals surface area contributed by atoms with Crippen LogP contribution in [0.5, 0.6) is 0 Å². The average molecular weight is 933 g/mol. The smallest absolute Gasteiger partial charge is 0.305 e. The Morgan fingerprint density at radius 2 is 0.712 bits per heavy atom. The highest BCUT2D eigenvalue weighted by Crippen LogP contribution is 2.18. The van der Waals surface area contributed by atoms with Gasteiger partial charge in [0.25, 0.3) is 0 Å². The summed E-state index contributed by atoms with van der Waals surface area (Å²) in [7, 11) is 0. The topological polar surface area (TPSA) is 95.9 Å². The van der Waals surface area contributed by atoms with Crippen LogP contribution in [0.15, 0.2) is 12.2 Å². The number of aliphatic hydroxyl groups is 2. The van der Waals surface area contributed by atoms with Gasteiger partial charge in [-0.2, -0.15) is 0 Å². The number of esters is 1. The van der Waals surface area contributed by atoms with Crippen LogP contribution in [0.2, 0.25) is 0 Å². The molecule has 0 saturated carbocycles. The number of aliphatic hydroxyl groups excluding tert-OH is 2. The monoisotopic (exact) mass is 932 g/mol. The summed E-state index contributed by atoms with van der Waals surface area (Å²) >= 11 is 0. The number of amides is 1. The van der Waals surface area contributed by atoms with E-state index in [0.717, 1.165) is 44.9 Å². The number of hydrogen-bond acceptors (Lipinski definition) is 5. The Kier molecular flexibility index (Phi) is 55.0. The van der Waals surface area contributed by atoms with Crippen LogP contribution >= 0.6 is 0 Å². The van der Waals surface area contributed by atoms with Gasteiger partial charge in [-0.15, -0.1) is 0 Å². The van der Waals surface area contributed by atoms with Crippen molar-refractivity contribution in [2.45, 2.75) is 347 Å².